The Morgan fingerprint density at radius 1 is 0.933 bits per heavy atom. The topological polar surface area (TPSA) is 119 Å². The highest BCUT2D eigenvalue weighted by Crippen LogP contribution is 2.27. The molecule has 0 aromatic heterocycles. The van der Waals surface area contributed by atoms with Gasteiger partial charge in [0.15, 0.2) is 0 Å². The Morgan fingerprint density at radius 3 is 2.30 bits per heavy atom. The van der Waals surface area contributed by atoms with Gasteiger partial charge in [-0.3, -0.25) is 20.2 Å². The minimum absolute atomic E-state index is 0.00213. The van der Waals surface area contributed by atoms with Crippen LogP contribution in [0.3, 0.4) is 0 Å². The lowest BCUT2D eigenvalue weighted by molar-refractivity contribution is -0.385. The molecular formula is C22H15N3O5. The number of nitriles is 1. The fourth-order valence-electron chi connectivity index (χ4n) is 2.73. The number of allylic oxidation sites excluding steroid dienone is 1. The zero-order valence-electron chi connectivity index (χ0n) is 15.6. The first-order valence-electron chi connectivity index (χ1n) is 8.79. The average molecular weight is 401 g/mol. The molecule has 0 atom stereocenters. The maximum Gasteiger partial charge on any atom is 0.270 e. The van der Waals surface area contributed by atoms with Gasteiger partial charge in [-0.25, -0.2) is 0 Å². The lowest BCUT2D eigenvalue weighted by atomic mass is 10.0. The molecule has 0 unspecified atom stereocenters. The minimum atomic E-state index is -0.514. The average Bonchev–Trinajstić information content (AvgIpc) is 2.77. The lowest BCUT2D eigenvalue weighted by Crippen LogP contribution is -1.97. The molecule has 3 rings (SSSR count). The van der Waals surface area contributed by atoms with E-state index in [0.29, 0.717) is 16.9 Å². The Balaban J connectivity index is 1.85. The number of benzene rings is 3. The predicted octanol–water partition coefficient (Wildman–Crippen LogP) is 5.15. The van der Waals surface area contributed by atoms with Gasteiger partial charge < -0.3 is 4.74 Å². The van der Waals surface area contributed by atoms with Crippen LogP contribution in [0, 0.1) is 31.6 Å². The summed E-state index contributed by atoms with van der Waals surface area (Å²) in [5.74, 6) is 0.508. The molecule has 0 aliphatic carbocycles. The number of para-hydroxylation sites is 1. The van der Waals surface area contributed by atoms with Crippen LogP contribution < -0.4 is 4.74 Å². The van der Waals surface area contributed by atoms with Crippen LogP contribution >= 0.6 is 0 Å². The molecule has 0 saturated carbocycles. The first-order chi connectivity index (χ1) is 14.5. The first kappa shape index (κ1) is 20.2. The van der Waals surface area contributed by atoms with Gasteiger partial charge in [-0.15, -0.1) is 0 Å². The van der Waals surface area contributed by atoms with Crippen molar-refractivity contribution in [3.63, 3.8) is 0 Å². The van der Waals surface area contributed by atoms with Crippen LogP contribution in [0.15, 0.2) is 72.8 Å². The number of hydrogen-bond donors (Lipinski definition) is 0. The largest absolute Gasteiger partial charge is 0.488 e. The second-order valence-corrected chi connectivity index (χ2v) is 6.23. The van der Waals surface area contributed by atoms with Crippen molar-refractivity contribution in [1.29, 1.82) is 5.26 Å². The normalized spacial score (nSPS) is 10.8. The molecule has 0 amide bonds. The van der Waals surface area contributed by atoms with Crippen molar-refractivity contribution >= 4 is 23.0 Å². The summed E-state index contributed by atoms with van der Waals surface area (Å²) in [5.41, 5.74) is 1.96. The van der Waals surface area contributed by atoms with Gasteiger partial charge in [0.25, 0.3) is 11.4 Å². The van der Waals surface area contributed by atoms with Gasteiger partial charge in [0, 0.05) is 29.8 Å². The summed E-state index contributed by atoms with van der Waals surface area (Å²) in [6.07, 6.45) is 1.60. The van der Waals surface area contributed by atoms with E-state index in [9.17, 15) is 25.5 Å². The Labute approximate surface area is 171 Å². The Kier molecular flexibility index (Phi) is 6.15. The highest BCUT2D eigenvalue weighted by atomic mass is 16.6. The monoisotopic (exact) mass is 401 g/mol. The summed E-state index contributed by atoms with van der Waals surface area (Å²) in [7, 11) is 0. The van der Waals surface area contributed by atoms with Crippen molar-refractivity contribution in [2.75, 3.05) is 0 Å². The van der Waals surface area contributed by atoms with Crippen LogP contribution in [0.4, 0.5) is 11.4 Å². The van der Waals surface area contributed by atoms with E-state index in [1.807, 2.05) is 0 Å². The lowest BCUT2D eigenvalue weighted by Gasteiger charge is -2.10. The molecular weight excluding hydrogens is 386 g/mol. The number of nitro groups is 2. The minimum Gasteiger partial charge on any atom is -0.488 e. The summed E-state index contributed by atoms with van der Waals surface area (Å²) in [5, 5.41) is 31.3. The zero-order valence-corrected chi connectivity index (χ0v) is 15.6. The second-order valence-electron chi connectivity index (χ2n) is 6.23. The Morgan fingerprint density at radius 2 is 1.63 bits per heavy atom. The van der Waals surface area contributed by atoms with Gasteiger partial charge in [-0.1, -0.05) is 30.3 Å². The highest BCUT2D eigenvalue weighted by molar-refractivity contribution is 5.91. The van der Waals surface area contributed by atoms with Crippen molar-refractivity contribution in [1.82, 2.24) is 0 Å². The van der Waals surface area contributed by atoms with Crippen LogP contribution in [0.2, 0.25) is 0 Å². The third kappa shape index (κ3) is 4.85. The Hall–Kier alpha value is -4.51. The van der Waals surface area contributed by atoms with Crippen molar-refractivity contribution in [3.05, 3.63) is 110 Å². The van der Waals surface area contributed by atoms with Crippen LogP contribution in [-0.4, -0.2) is 9.85 Å². The van der Waals surface area contributed by atoms with Crippen molar-refractivity contribution in [3.8, 4) is 11.8 Å². The summed E-state index contributed by atoms with van der Waals surface area (Å²) in [6.45, 7) is 0.182. The molecule has 148 valence electrons. The van der Waals surface area contributed by atoms with E-state index in [-0.39, 0.29) is 23.6 Å². The van der Waals surface area contributed by atoms with E-state index in [0.717, 1.165) is 5.56 Å². The third-order valence-corrected chi connectivity index (χ3v) is 4.25. The molecule has 0 bridgehead atoms. The second kappa shape index (κ2) is 9.12. The summed E-state index contributed by atoms with van der Waals surface area (Å²) >= 11 is 0. The molecule has 8 nitrogen and oxygen atoms in total. The molecule has 0 aliphatic heterocycles. The summed E-state index contributed by atoms with van der Waals surface area (Å²) < 4.78 is 5.83. The number of ether oxygens (including phenoxy) is 1. The molecule has 0 heterocycles. The van der Waals surface area contributed by atoms with Crippen molar-refractivity contribution in [2.24, 2.45) is 0 Å². The van der Waals surface area contributed by atoms with Gasteiger partial charge in [0.05, 0.1) is 21.5 Å². The number of rotatable bonds is 7. The van der Waals surface area contributed by atoms with Crippen LogP contribution in [0.1, 0.15) is 16.7 Å². The van der Waals surface area contributed by atoms with Crippen LogP contribution in [0.5, 0.6) is 5.75 Å². The first-order valence-corrected chi connectivity index (χ1v) is 8.79. The number of nitro benzene ring substituents is 2. The quantitative estimate of drug-likeness (QED) is 0.234. The van der Waals surface area contributed by atoms with Gasteiger partial charge >= 0.3 is 0 Å². The number of non-ortho nitro benzene ring substituents is 2. The van der Waals surface area contributed by atoms with Crippen LogP contribution in [0.25, 0.3) is 11.6 Å². The summed E-state index contributed by atoms with van der Waals surface area (Å²) in [6, 6.07) is 21.0. The molecule has 3 aromatic carbocycles. The molecule has 0 saturated heterocycles. The fraction of sp³-hybridized carbons (Fsp3) is 0.0455. The molecule has 3 aromatic rings. The number of hydrogen-bond acceptors (Lipinski definition) is 6. The molecule has 30 heavy (non-hydrogen) atoms. The van der Waals surface area contributed by atoms with Gasteiger partial charge in [-0.05, 0) is 35.4 Å². The molecule has 0 spiro atoms. The van der Waals surface area contributed by atoms with Gasteiger partial charge in [0.2, 0.25) is 0 Å². The predicted molar refractivity (Wildman–Crippen MR) is 110 cm³/mol. The zero-order chi connectivity index (χ0) is 21.5. The van der Waals surface area contributed by atoms with E-state index in [2.05, 4.69) is 6.07 Å². The van der Waals surface area contributed by atoms with Crippen molar-refractivity contribution < 1.29 is 14.6 Å². The van der Waals surface area contributed by atoms with Gasteiger partial charge in [0.1, 0.15) is 12.4 Å². The number of nitrogens with zero attached hydrogens (tertiary/aromatic N) is 3. The van der Waals surface area contributed by atoms with Crippen LogP contribution in [-0.2, 0) is 6.61 Å². The third-order valence-electron chi connectivity index (χ3n) is 4.25. The molecule has 8 heteroatoms. The molecule has 0 aliphatic rings. The highest BCUT2D eigenvalue weighted by Gasteiger charge is 2.11. The molecule has 0 N–H and O–H groups in total. The van der Waals surface area contributed by atoms with E-state index < -0.39 is 9.85 Å². The smallest absolute Gasteiger partial charge is 0.270 e. The van der Waals surface area contributed by atoms with Gasteiger partial charge in [-0.2, -0.15) is 5.26 Å². The molecule has 0 radical (unpaired) electrons. The van der Waals surface area contributed by atoms with E-state index in [1.165, 1.54) is 30.3 Å². The van der Waals surface area contributed by atoms with E-state index in [4.69, 9.17) is 4.74 Å². The SMILES string of the molecule is N#CC(=Cc1ccccc1OCc1ccc([N+](=O)[O-])cc1)c1cccc([N+](=O)[O-])c1. The fourth-order valence-corrected chi connectivity index (χ4v) is 2.73. The summed E-state index contributed by atoms with van der Waals surface area (Å²) in [4.78, 5) is 20.8. The Bertz CT molecular complexity index is 1160. The maximum atomic E-state index is 11.0. The molecule has 0 fully saturated rings. The van der Waals surface area contributed by atoms with Crippen molar-refractivity contribution in [2.45, 2.75) is 6.61 Å². The maximum absolute atomic E-state index is 11.0. The van der Waals surface area contributed by atoms with E-state index in [1.54, 1.807) is 48.5 Å². The standard InChI is InChI=1S/C22H15N3O5/c23-14-19(17-5-3-6-21(13-17)25(28)29)12-18-4-1-2-7-22(18)30-15-16-8-10-20(11-9-16)24(26)27/h1-13H,15H2. The van der Waals surface area contributed by atoms with E-state index >= 15 is 0 Å².